The van der Waals surface area contributed by atoms with Crippen molar-refractivity contribution in [1.82, 2.24) is 5.48 Å². The minimum absolute atomic E-state index is 0.239. The Balaban J connectivity index is 2.63. The van der Waals surface area contributed by atoms with E-state index in [4.69, 9.17) is 4.84 Å². The van der Waals surface area contributed by atoms with Crippen molar-refractivity contribution in [1.29, 1.82) is 0 Å². The summed E-state index contributed by atoms with van der Waals surface area (Å²) < 4.78 is 0. The maximum atomic E-state index is 4.90. The van der Waals surface area contributed by atoms with Crippen molar-refractivity contribution in [2.24, 2.45) is 5.92 Å². The molecule has 0 fully saturated rings. The van der Waals surface area contributed by atoms with Crippen LogP contribution >= 0.6 is 0 Å². The van der Waals surface area contributed by atoms with Gasteiger partial charge in [-0.05, 0) is 30.4 Å². The number of hydrogen-bond donors (Lipinski definition) is 1. The average Bonchev–Trinajstić information content (AvgIpc) is 2.18. The van der Waals surface area contributed by atoms with E-state index in [1.807, 2.05) is 0 Å². The predicted octanol–water partition coefficient (Wildman–Crippen LogP) is 3.10. The lowest BCUT2D eigenvalue weighted by Gasteiger charge is -2.13. The minimum Gasteiger partial charge on any atom is -0.305 e. The van der Waals surface area contributed by atoms with E-state index in [0.29, 0.717) is 5.92 Å². The standard InChI is InChI=1S/C13H21NO/c1-10(2)9-12-5-7-13(8-6-12)11(3)14-15-4/h5-8,10-11,14H,9H2,1-4H3. The van der Waals surface area contributed by atoms with Gasteiger partial charge in [0.1, 0.15) is 0 Å². The highest BCUT2D eigenvalue weighted by Crippen LogP contribution is 2.15. The molecule has 0 radical (unpaired) electrons. The predicted molar refractivity (Wildman–Crippen MR) is 63.5 cm³/mol. The SMILES string of the molecule is CONC(C)c1ccc(CC(C)C)cc1. The maximum Gasteiger partial charge on any atom is 0.0572 e. The van der Waals surface area contributed by atoms with Gasteiger partial charge in [-0.1, -0.05) is 38.1 Å². The summed E-state index contributed by atoms with van der Waals surface area (Å²) in [5.41, 5.74) is 5.58. The third-order valence-corrected chi connectivity index (χ3v) is 2.42. The molecule has 1 atom stereocenters. The van der Waals surface area contributed by atoms with Gasteiger partial charge < -0.3 is 4.84 Å². The van der Waals surface area contributed by atoms with E-state index in [9.17, 15) is 0 Å². The molecule has 0 bridgehead atoms. The lowest BCUT2D eigenvalue weighted by atomic mass is 10.0. The fourth-order valence-electron chi connectivity index (χ4n) is 1.66. The van der Waals surface area contributed by atoms with E-state index in [1.165, 1.54) is 11.1 Å². The van der Waals surface area contributed by atoms with Gasteiger partial charge in [-0.3, -0.25) is 0 Å². The van der Waals surface area contributed by atoms with Crippen molar-refractivity contribution in [3.05, 3.63) is 35.4 Å². The highest BCUT2D eigenvalue weighted by molar-refractivity contribution is 5.24. The Morgan fingerprint density at radius 1 is 1.13 bits per heavy atom. The molecule has 1 aromatic rings. The lowest BCUT2D eigenvalue weighted by molar-refractivity contribution is 0.0659. The van der Waals surface area contributed by atoms with Gasteiger partial charge in [-0.25, -0.2) is 0 Å². The molecule has 0 saturated carbocycles. The van der Waals surface area contributed by atoms with E-state index in [1.54, 1.807) is 7.11 Å². The molecule has 0 aromatic heterocycles. The topological polar surface area (TPSA) is 21.3 Å². The molecule has 0 heterocycles. The Morgan fingerprint density at radius 3 is 2.20 bits per heavy atom. The van der Waals surface area contributed by atoms with E-state index in [0.717, 1.165) is 6.42 Å². The van der Waals surface area contributed by atoms with E-state index in [-0.39, 0.29) is 6.04 Å². The third-order valence-electron chi connectivity index (χ3n) is 2.42. The van der Waals surface area contributed by atoms with Crippen molar-refractivity contribution in [2.75, 3.05) is 7.11 Å². The number of benzene rings is 1. The maximum absolute atomic E-state index is 4.90. The zero-order valence-electron chi connectivity index (χ0n) is 10.1. The van der Waals surface area contributed by atoms with Gasteiger partial charge in [0.2, 0.25) is 0 Å². The Kier molecular flexibility index (Phi) is 4.79. The van der Waals surface area contributed by atoms with Crippen LogP contribution in [0.5, 0.6) is 0 Å². The summed E-state index contributed by atoms with van der Waals surface area (Å²) >= 11 is 0. The largest absolute Gasteiger partial charge is 0.305 e. The number of hydroxylamine groups is 1. The van der Waals surface area contributed by atoms with E-state index in [2.05, 4.69) is 50.5 Å². The monoisotopic (exact) mass is 207 g/mol. The molecule has 1 unspecified atom stereocenters. The highest BCUT2D eigenvalue weighted by Gasteiger charge is 2.04. The quantitative estimate of drug-likeness (QED) is 0.749. The van der Waals surface area contributed by atoms with E-state index < -0.39 is 0 Å². The summed E-state index contributed by atoms with van der Waals surface area (Å²) in [6.45, 7) is 6.56. The number of hydrogen-bond acceptors (Lipinski definition) is 2. The summed E-state index contributed by atoms with van der Waals surface area (Å²) in [5.74, 6) is 0.713. The van der Waals surface area contributed by atoms with Crippen LogP contribution in [0.3, 0.4) is 0 Å². The molecule has 15 heavy (non-hydrogen) atoms. The Morgan fingerprint density at radius 2 is 1.73 bits per heavy atom. The normalized spacial score (nSPS) is 13.1. The molecule has 84 valence electrons. The highest BCUT2D eigenvalue weighted by atomic mass is 16.6. The molecular weight excluding hydrogens is 186 g/mol. The Hall–Kier alpha value is -0.860. The van der Waals surface area contributed by atoms with Crippen LogP contribution < -0.4 is 5.48 Å². The van der Waals surface area contributed by atoms with Gasteiger partial charge in [0.15, 0.2) is 0 Å². The molecular formula is C13H21NO. The molecule has 0 aliphatic carbocycles. The molecule has 2 heteroatoms. The summed E-state index contributed by atoms with van der Waals surface area (Å²) in [4.78, 5) is 4.90. The van der Waals surface area contributed by atoms with Gasteiger partial charge in [0.05, 0.1) is 13.2 Å². The smallest absolute Gasteiger partial charge is 0.0572 e. The molecule has 2 nitrogen and oxygen atoms in total. The fourth-order valence-corrected chi connectivity index (χ4v) is 1.66. The van der Waals surface area contributed by atoms with Gasteiger partial charge in [-0.2, -0.15) is 5.48 Å². The Bertz CT molecular complexity index is 279. The third kappa shape index (κ3) is 4.02. The first-order valence-electron chi connectivity index (χ1n) is 5.50. The first kappa shape index (κ1) is 12.2. The van der Waals surface area contributed by atoms with Gasteiger partial charge in [0, 0.05) is 0 Å². The lowest BCUT2D eigenvalue weighted by Crippen LogP contribution is -2.16. The van der Waals surface area contributed by atoms with Crippen LogP contribution in [0.25, 0.3) is 0 Å². The average molecular weight is 207 g/mol. The first-order chi connectivity index (χ1) is 7.13. The molecule has 1 rings (SSSR count). The molecule has 0 amide bonds. The number of nitrogens with one attached hydrogen (secondary N) is 1. The fraction of sp³-hybridized carbons (Fsp3) is 0.538. The summed E-state index contributed by atoms with van der Waals surface area (Å²) in [5, 5.41) is 0. The van der Waals surface area contributed by atoms with Gasteiger partial charge >= 0.3 is 0 Å². The second-order valence-corrected chi connectivity index (χ2v) is 4.38. The van der Waals surface area contributed by atoms with Crippen LogP contribution in [0.15, 0.2) is 24.3 Å². The Labute approximate surface area is 92.6 Å². The summed E-state index contributed by atoms with van der Waals surface area (Å²) in [6.07, 6.45) is 1.15. The van der Waals surface area contributed by atoms with Crippen LogP contribution in [-0.2, 0) is 11.3 Å². The van der Waals surface area contributed by atoms with Crippen LogP contribution in [0.2, 0.25) is 0 Å². The molecule has 0 aliphatic heterocycles. The first-order valence-corrected chi connectivity index (χ1v) is 5.50. The van der Waals surface area contributed by atoms with Crippen molar-refractivity contribution in [3.8, 4) is 0 Å². The van der Waals surface area contributed by atoms with Gasteiger partial charge in [-0.15, -0.1) is 0 Å². The molecule has 0 aliphatic rings. The van der Waals surface area contributed by atoms with E-state index >= 15 is 0 Å². The van der Waals surface area contributed by atoms with Crippen molar-refractivity contribution < 1.29 is 4.84 Å². The molecule has 1 N–H and O–H groups in total. The van der Waals surface area contributed by atoms with Crippen molar-refractivity contribution in [2.45, 2.75) is 33.2 Å². The molecule has 0 spiro atoms. The van der Waals surface area contributed by atoms with Crippen molar-refractivity contribution in [3.63, 3.8) is 0 Å². The summed E-state index contributed by atoms with van der Waals surface area (Å²) in [6, 6.07) is 8.96. The molecule has 1 aromatic carbocycles. The van der Waals surface area contributed by atoms with Crippen LogP contribution in [0.1, 0.15) is 37.9 Å². The zero-order chi connectivity index (χ0) is 11.3. The van der Waals surface area contributed by atoms with Crippen LogP contribution in [-0.4, -0.2) is 7.11 Å². The minimum atomic E-state index is 0.239. The van der Waals surface area contributed by atoms with Crippen molar-refractivity contribution >= 4 is 0 Å². The second-order valence-electron chi connectivity index (χ2n) is 4.38. The zero-order valence-corrected chi connectivity index (χ0v) is 10.1. The van der Waals surface area contributed by atoms with Crippen LogP contribution in [0, 0.1) is 5.92 Å². The summed E-state index contributed by atoms with van der Waals surface area (Å²) in [7, 11) is 1.64. The van der Waals surface area contributed by atoms with Gasteiger partial charge in [0.25, 0.3) is 0 Å². The second kappa shape index (κ2) is 5.89. The van der Waals surface area contributed by atoms with Crippen LogP contribution in [0.4, 0.5) is 0 Å². The number of rotatable bonds is 5. The molecule has 0 saturated heterocycles.